The molecule has 32 heteroatoms. The van der Waals surface area contributed by atoms with Gasteiger partial charge in [-0.25, -0.2) is 9.59 Å². The highest BCUT2D eigenvalue weighted by molar-refractivity contribution is 5.95. The molecule has 3 fully saturated rings. The van der Waals surface area contributed by atoms with E-state index in [1.54, 1.807) is 60.7 Å². The molecule has 3 aliphatic rings. The Morgan fingerprint density at radius 1 is 0.547 bits per heavy atom. The van der Waals surface area contributed by atoms with E-state index in [2.05, 4.69) is 42.5 Å². The van der Waals surface area contributed by atoms with E-state index in [-0.39, 0.29) is 76.5 Å². The number of carboxylic acid groups (broad SMARTS) is 2. The fourth-order valence-corrected chi connectivity index (χ4v) is 9.17. The smallest absolute Gasteiger partial charge is 0.475 e. The van der Waals surface area contributed by atoms with E-state index in [1.165, 1.54) is 14.2 Å². The topological polar surface area (TPSA) is 396 Å². The maximum absolute atomic E-state index is 14.5. The Labute approximate surface area is 491 Å². The minimum atomic E-state index is -5.08. The van der Waals surface area contributed by atoms with Gasteiger partial charge in [-0.2, -0.15) is 26.3 Å². The SMILES string of the molecule is CO[C@@H]1[C@H](NC(=O)CCN)[C@H]2CNC(=O)[C@H](CC(C)C)NC(=O)[C@H](Cc3ccccc3)NC(=O)[C@@H]3O[C@H](CNC(=O)[C@H](CC(C)C)NC(=O)[C@H](Cc4ccccc4)NC(=O)[C@@H]1O2)[C@@H](NC(=O)CCN)[C@H]3OC.O=C(O)C(F)(F)F.O=C(O)C(F)(F)F. The lowest BCUT2D eigenvalue weighted by Gasteiger charge is -2.28. The Hall–Kier alpha value is -7.52. The van der Waals surface area contributed by atoms with E-state index in [4.69, 9.17) is 50.2 Å². The maximum Gasteiger partial charge on any atom is 0.490 e. The number of aliphatic carboxylic acids is 2. The number of alkyl halides is 6. The number of carboxylic acids is 2. The molecule has 0 aromatic heterocycles. The highest BCUT2D eigenvalue weighted by atomic mass is 19.4. The first-order chi connectivity index (χ1) is 40.3. The van der Waals surface area contributed by atoms with Crippen molar-refractivity contribution in [3.8, 4) is 0 Å². The van der Waals surface area contributed by atoms with Crippen LogP contribution < -0.4 is 54.0 Å². The zero-order valence-corrected chi connectivity index (χ0v) is 48.0. The Morgan fingerprint density at radius 2 is 0.849 bits per heavy atom. The molecule has 3 saturated heterocycles. The number of hydrogen-bond acceptors (Lipinski definition) is 16. The van der Waals surface area contributed by atoms with Crippen molar-refractivity contribution >= 4 is 59.2 Å². The van der Waals surface area contributed by atoms with E-state index in [1.807, 2.05) is 27.7 Å². The fraction of sp³-hybridized carbons (Fsp3) is 0.593. The van der Waals surface area contributed by atoms with Crippen molar-refractivity contribution in [1.82, 2.24) is 42.5 Å². The molecule has 0 aliphatic carbocycles. The zero-order valence-electron chi connectivity index (χ0n) is 48.0. The van der Waals surface area contributed by atoms with Crippen LogP contribution in [0.15, 0.2) is 60.7 Å². The molecule has 5 rings (SSSR count). The van der Waals surface area contributed by atoms with Gasteiger partial charge in [0.05, 0.1) is 24.3 Å². The number of rotatable bonds is 16. The Balaban J connectivity index is 0.00000123. The molecular weight excluding hydrogens is 1160 g/mol. The van der Waals surface area contributed by atoms with Crippen LogP contribution in [-0.2, 0) is 79.7 Å². The first-order valence-electron chi connectivity index (χ1n) is 27.2. The predicted octanol–water partition coefficient (Wildman–Crippen LogP) is -0.752. The molecule has 12 atom stereocenters. The van der Waals surface area contributed by atoms with Crippen LogP contribution in [0.2, 0.25) is 0 Å². The van der Waals surface area contributed by atoms with Gasteiger partial charge in [0.15, 0.2) is 12.2 Å². The summed E-state index contributed by atoms with van der Waals surface area (Å²) in [5, 5.41) is 36.9. The lowest BCUT2D eigenvalue weighted by atomic mass is 9.99. The maximum atomic E-state index is 14.5. The van der Waals surface area contributed by atoms with Crippen molar-refractivity contribution in [3.63, 3.8) is 0 Å². The third-order valence-electron chi connectivity index (χ3n) is 13.2. The van der Waals surface area contributed by atoms with Crippen LogP contribution in [0.1, 0.15) is 64.5 Å². The normalized spacial score (nSPS) is 26.1. The average molecular weight is 1240 g/mol. The molecule has 3 aliphatic heterocycles. The number of nitrogens with two attached hydrogens (primary N) is 2. The van der Waals surface area contributed by atoms with Crippen molar-refractivity contribution in [2.45, 2.75) is 151 Å². The molecule has 0 radical (unpaired) electrons. The predicted molar refractivity (Wildman–Crippen MR) is 290 cm³/mol. The summed E-state index contributed by atoms with van der Waals surface area (Å²) in [5.74, 6) is -10.9. The summed E-state index contributed by atoms with van der Waals surface area (Å²) in [6.45, 7) is 6.96. The van der Waals surface area contributed by atoms with E-state index in [0.717, 1.165) is 0 Å². The van der Waals surface area contributed by atoms with Crippen molar-refractivity contribution < 1.29 is 103 Å². The van der Waals surface area contributed by atoms with Gasteiger partial charge >= 0.3 is 24.3 Å². The van der Waals surface area contributed by atoms with Crippen LogP contribution in [0.5, 0.6) is 0 Å². The van der Waals surface area contributed by atoms with E-state index < -0.39 is 144 Å². The van der Waals surface area contributed by atoms with Gasteiger partial charge in [-0.05, 0) is 35.8 Å². The van der Waals surface area contributed by atoms with Crippen molar-refractivity contribution in [2.75, 3.05) is 40.4 Å². The monoisotopic (exact) mass is 1230 g/mol. The summed E-state index contributed by atoms with van der Waals surface area (Å²) in [5.41, 5.74) is 12.8. The summed E-state index contributed by atoms with van der Waals surface area (Å²) in [6.07, 6.45) is -17.3. The van der Waals surface area contributed by atoms with Gasteiger partial charge in [0.2, 0.25) is 35.4 Å². The summed E-state index contributed by atoms with van der Waals surface area (Å²) in [7, 11) is 2.66. The van der Waals surface area contributed by atoms with Crippen molar-refractivity contribution in [1.29, 1.82) is 0 Å². The molecule has 4 bridgehead atoms. The van der Waals surface area contributed by atoms with Crippen LogP contribution in [0.25, 0.3) is 0 Å². The number of carbonyl (C=O) groups is 10. The number of methoxy groups -OCH3 is 2. The summed E-state index contributed by atoms with van der Waals surface area (Å²) in [6, 6.07) is 10.9. The fourth-order valence-electron chi connectivity index (χ4n) is 9.17. The quantitative estimate of drug-likeness (QED) is 0.0920. The summed E-state index contributed by atoms with van der Waals surface area (Å²) >= 11 is 0. The van der Waals surface area contributed by atoms with Gasteiger partial charge in [0.1, 0.15) is 36.4 Å². The largest absolute Gasteiger partial charge is 0.490 e. The molecule has 2 aromatic rings. The number of halogens is 6. The third-order valence-corrected chi connectivity index (χ3v) is 13.2. The molecule has 26 nitrogen and oxygen atoms in total. The van der Waals surface area contributed by atoms with Gasteiger partial charge in [-0.1, -0.05) is 88.4 Å². The second-order valence-corrected chi connectivity index (χ2v) is 20.8. The molecule has 86 heavy (non-hydrogen) atoms. The Morgan fingerprint density at radius 3 is 1.12 bits per heavy atom. The second kappa shape index (κ2) is 34.6. The number of benzene rings is 2. The minimum Gasteiger partial charge on any atom is -0.475 e. The molecule has 3 heterocycles. The molecule has 14 N–H and O–H groups in total. The molecule has 0 unspecified atom stereocenters. The molecular formula is C54H76F6N10O16. The van der Waals surface area contributed by atoms with E-state index >= 15 is 0 Å². The van der Waals surface area contributed by atoms with Gasteiger partial charge in [0, 0.05) is 66.1 Å². The number of hydrogen-bond donors (Lipinski definition) is 12. The van der Waals surface area contributed by atoms with Crippen LogP contribution in [-0.4, -0.2) is 195 Å². The van der Waals surface area contributed by atoms with Gasteiger partial charge < -0.3 is 83.2 Å². The Kier molecular flexibility index (Phi) is 29.2. The standard InChI is InChI=1S/C50H74N10O12.2C2HF3O2/c1-27(2)21-31-45(63)53-25-35-39(59-37(61)17-19-51)41(69-5)44(71-35)50(68)58-34(24-30-15-11-8-12-16-30)48(66)56-32(22-28(3)4)46(64)54-26-36-40(60-38(62)18-20-52)42(70-6)43(72-36)49(67)57-33(47(65)55-31)23-29-13-9-7-10-14-29;2*3-2(4,5)1(6)7/h7-16,27-28,31-36,39-44H,17-26,51-52H2,1-6H3,(H,53,63)(H,54,64)(H,55,65)(H,56,66)(H,57,67)(H,58,68)(H,59,61)(H,60,62);2*(H,6,7)/t31-,32-,33-,34-,35+,36+,39+,40+,41+,42+,43+,44+;;/m0../s1. The molecule has 0 saturated carbocycles. The van der Waals surface area contributed by atoms with Crippen LogP contribution in [0.4, 0.5) is 26.3 Å². The number of ether oxygens (including phenoxy) is 4. The van der Waals surface area contributed by atoms with Gasteiger partial charge in [-0.15, -0.1) is 0 Å². The molecule has 0 spiro atoms. The van der Waals surface area contributed by atoms with Crippen LogP contribution in [0, 0.1) is 11.8 Å². The number of nitrogens with one attached hydrogen (secondary N) is 8. The molecule has 8 amide bonds. The van der Waals surface area contributed by atoms with Gasteiger partial charge in [-0.3, -0.25) is 38.4 Å². The number of carbonyl (C=O) groups excluding carboxylic acids is 8. The minimum absolute atomic E-state index is 0.00787. The van der Waals surface area contributed by atoms with Crippen molar-refractivity contribution in [3.05, 3.63) is 71.8 Å². The van der Waals surface area contributed by atoms with E-state index in [0.29, 0.717) is 11.1 Å². The summed E-state index contributed by atoms with van der Waals surface area (Å²) in [4.78, 5) is 130. The third kappa shape index (κ3) is 23.4. The molecule has 480 valence electrons. The second-order valence-electron chi connectivity index (χ2n) is 20.8. The highest BCUT2D eigenvalue weighted by Crippen LogP contribution is 2.27. The summed E-state index contributed by atoms with van der Waals surface area (Å²) < 4.78 is 87.7. The number of amides is 8. The zero-order chi connectivity index (χ0) is 64.6. The average Bonchev–Trinajstić information content (AvgIpc) is 3.27. The first-order valence-corrected chi connectivity index (χ1v) is 27.2. The van der Waals surface area contributed by atoms with Crippen LogP contribution in [0.3, 0.4) is 0 Å². The number of fused-ring (bicyclic) bond motifs is 4. The van der Waals surface area contributed by atoms with E-state index in [9.17, 15) is 64.7 Å². The molecule has 2 aromatic carbocycles. The first kappa shape index (κ1) is 72.7. The van der Waals surface area contributed by atoms with Gasteiger partial charge in [0.25, 0.3) is 11.8 Å². The highest BCUT2D eigenvalue weighted by Gasteiger charge is 2.52. The lowest BCUT2D eigenvalue weighted by Crippen LogP contribution is -2.58. The lowest BCUT2D eigenvalue weighted by molar-refractivity contribution is -0.193. The van der Waals surface area contributed by atoms with Crippen molar-refractivity contribution in [2.24, 2.45) is 23.3 Å². The Bertz CT molecular complexity index is 2420. The van der Waals surface area contributed by atoms with Crippen LogP contribution >= 0.6 is 0 Å².